The summed E-state index contributed by atoms with van der Waals surface area (Å²) in [7, 11) is 1.78. The largest absolute Gasteiger partial charge is 0.444 e. The van der Waals surface area contributed by atoms with E-state index in [0.717, 1.165) is 26.1 Å². The number of hydrogen-bond donors (Lipinski definition) is 1. The molecule has 0 heterocycles. The fraction of sp³-hybridized carbons (Fsp3) is 0.923. The first kappa shape index (κ1) is 16.2. The van der Waals surface area contributed by atoms with Crippen LogP contribution in [0.2, 0.25) is 0 Å². The first-order valence-corrected chi connectivity index (χ1v) is 6.51. The maximum Gasteiger partial charge on any atom is 0.410 e. The Labute approximate surface area is 106 Å². The molecule has 17 heavy (non-hydrogen) atoms. The van der Waals surface area contributed by atoms with E-state index in [1.165, 1.54) is 12.8 Å². The van der Waals surface area contributed by atoms with Crippen molar-refractivity contribution in [1.29, 1.82) is 0 Å². The van der Waals surface area contributed by atoms with Crippen LogP contribution in [0.25, 0.3) is 0 Å². The molecule has 1 N–H and O–H groups in total. The molecular formula is C13H28N2O2. The molecule has 0 saturated carbocycles. The van der Waals surface area contributed by atoms with Gasteiger partial charge in [0.15, 0.2) is 0 Å². The van der Waals surface area contributed by atoms with E-state index in [4.69, 9.17) is 4.74 Å². The van der Waals surface area contributed by atoms with E-state index in [9.17, 15) is 4.79 Å². The number of nitrogens with zero attached hydrogens (tertiary/aromatic N) is 1. The third-order valence-electron chi connectivity index (χ3n) is 2.26. The van der Waals surface area contributed by atoms with Gasteiger partial charge in [-0.25, -0.2) is 4.79 Å². The van der Waals surface area contributed by atoms with Gasteiger partial charge in [-0.05, 0) is 46.7 Å². The van der Waals surface area contributed by atoms with Crippen LogP contribution in [0.3, 0.4) is 0 Å². The van der Waals surface area contributed by atoms with Crippen LogP contribution in [0.4, 0.5) is 4.79 Å². The number of rotatable bonds is 7. The summed E-state index contributed by atoms with van der Waals surface area (Å²) in [4.78, 5) is 13.2. The van der Waals surface area contributed by atoms with Gasteiger partial charge in [-0.15, -0.1) is 0 Å². The molecule has 0 rings (SSSR count). The van der Waals surface area contributed by atoms with Crippen LogP contribution in [0.1, 0.15) is 47.0 Å². The lowest BCUT2D eigenvalue weighted by atomic mass is 10.2. The van der Waals surface area contributed by atoms with Crippen molar-refractivity contribution < 1.29 is 9.53 Å². The van der Waals surface area contributed by atoms with E-state index in [-0.39, 0.29) is 6.09 Å². The van der Waals surface area contributed by atoms with Gasteiger partial charge in [-0.2, -0.15) is 0 Å². The smallest absolute Gasteiger partial charge is 0.410 e. The van der Waals surface area contributed by atoms with Crippen LogP contribution in [0.5, 0.6) is 0 Å². The molecule has 4 nitrogen and oxygen atoms in total. The number of amides is 1. The Morgan fingerprint density at radius 1 is 1.24 bits per heavy atom. The number of carbonyl (C=O) groups excluding carboxylic acids is 1. The molecule has 0 aliphatic rings. The molecule has 0 aromatic carbocycles. The van der Waals surface area contributed by atoms with Gasteiger partial charge in [0.2, 0.25) is 0 Å². The Hall–Kier alpha value is -0.770. The highest BCUT2D eigenvalue weighted by Gasteiger charge is 2.18. The van der Waals surface area contributed by atoms with E-state index in [2.05, 4.69) is 12.2 Å². The second-order valence-electron chi connectivity index (χ2n) is 5.36. The third kappa shape index (κ3) is 10.1. The van der Waals surface area contributed by atoms with Crippen molar-refractivity contribution in [2.24, 2.45) is 0 Å². The van der Waals surface area contributed by atoms with E-state index >= 15 is 0 Å². The van der Waals surface area contributed by atoms with Crippen LogP contribution in [-0.4, -0.2) is 43.3 Å². The summed E-state index contributed by atoms with van der Waals surface area (Å²) in [5.41, 5.74) is -0.412. The van der Waals surface area contributed by atoms with E-state index in [0.29, 0.717) is 0 Å². The SMILES string of the molecule is CCCCNCCCN(C)C(=O)OC(C)(C)C. The molecule has 0 spiro atoms. The summed E-state index contributed by atoms with van der Waals surface area (Å²) >= 11 is 0. The van der Waals surface area contributed by atoms with Crippen LogP contribution in [-0.2, 0) is 4.74 Å². The quantitative estimate of drug-likeness (QED) is 0.700. The van der Waals surface area contributed by atoms with Gasteiger partial charge in [0.1, 0.15) is 5.60 Å². The van der Waals surface area contributed by atoms with E-state index in [1.54, 1.807) is 11.9 Å². The zero-order valence-corrected chi connectivity index (χ0v) is 12.0. The second kappa shape index (κ2) is 8.34. The summed E-state index contributed by atoms with van der Waals surface area (Å²) < 4.78 is 5.26. The second-order valence-corrected chi connectivity index (χ2v) is 5.36. The van der Waals surface area contributed by atoms with Crippen LogP contribution >= 0.6 is 0 Å². The molecule has 0 atom stereocenters. The lowest BCUT2D eigenvalue weighted by Gasteiger charge is -2.24. The molecule has 1 amide bonds. The summed E-state index contributed by atoms with van der Waals surface area (Å²) in [6.07, 6.45) is 3.14. The summed E-state index contributed by atoms with van der Waals surface area (Å²) in [5, 5.41) is 3.35. The average molecular weight is 244 g/mol. The molecule has 0 aromatic rings. The van der Waals surface area contributed by atoms with Crippen molar-refractivity contribution in [3.63, 3.8) is 0 Å². The minimum absolute atomic E-state index is 0.244. The fourth-order valence-corrected chi connectivity index (χ4v) is 1.30. The molecule has 0 bridgehead atoms. The minimum Gasteiger partial charge on any atom is -0.444 e. The molecule has 0 aliphatic heterocycles. The third-order valence-corrected chi connectivity index (χ3v) is 2.26. The number of unbranched alkanes of at least 4 members (excludes halogenated alkanes) is 1. The summed E-state index contributed by atoms with van der Waals surface area (Å²) in [6, 6.07) is 0. The van der Waals surface area contributed by atoms with Gasteiger partial charge in [0.25, 0.3) is 0 Å². The first-order chi connectivity index (χ1) is 7.87. The standard InChI is InChI=1S/C13H28N2O2/c1-6-7-9-14-10-8-11-15(5)12(16)17-13(2,3)4/h14H,6-11H2,1-5H3. The number of hydrogen-bond acceptors (Lipinski definition) is 3. The zero-order chi connectivity index (χ0) is 13.3. The van der Waals surface area contributed by atoms with Crippen molar-refractivity contribution in [1.82, 2.24) is 10.2 Å². The highest BCUT2D eigenvalue weighted by atomic mass is 16.6. The Kier molecular flexibility index (Phi) is 7.96. The zero-order valence-electron chi connectivity index (χ0n) is 12.0. The summed E-state index contributed by atoms with van der Waals surface area (Å²) in [5.74, 6) is 0. The Bertz CT molecular complexity index is 212. The Morgan fingerprint density at radius 3 is 2.35 bits per heavy atom. The number of ether oxygens (including phenoxy) is 1. The monoisotopic (exact) mass is 244 g/mol. The predicted molar refractivity (Wildman–Crippen MR) is 71.3 cm³/mol. The van der Waals surface area contributed by atoms with Crippen LogP contribution in [0, 0.1) is 0 Å². The van der Waals surface area contributed by atoms with Gasteiger partial charge in [0.05, 0.1) is 0 Å². The van der Waals surface area contributed by atoms with Gasteiger partial charge in [0, 0.05) is 13.6 Å². The maximum atomic E-state index is 11.6. The molecule has 0 radical (unpaired) electrons. The molecule has 0 aliphatic carbocycles. The van der Waals surface area contributed by atoms with Crippen LogP contribution < -0.4 is 5.32 Å². The molecular weight excluding hydrogens is 216 g/mol. The van der Waals surface area contributed by atoms with Crippen molar-refractivity contribution in [2.45, 2.75) is 52.6 Å². The van der Waals surface area contributed by atoms with Crippen molar-refractivity contribution in [2.75, 3.05) is 26.7 Å². The number of carbonyl (C=O) groups is 1. The molecule has 0 saturated heterocycles. The van der Waals surface area contributed by atoms with E-state index < -0.39 is 5.60 Å². The predicted octanol–water partition coefficient (Wildman–Crippen LogP) is 2.63. The Balaban J connectivity index is 3.58. The highest BCUT2D eigenvalue weighted by molar-refractivity contribution is 5.67. The van der Waals surface area contributed by atoms with Crippen molar-refractivity contribution >= 4 is 6.09 Å². The minimum atomic E-state index is -0.412. The molecule has 0 aromatic heterocycles. The molecule has 4 heteroatoms. The number of nitrogens with one attached hydrogen (secondary N) is 1. The maximum absolute atomic E-state index is 11.6. The average Bonchev–Trinajstić information content (AvgIpc) is 2.20. The van der Waals surface area contributed by atoms with Crippen LogP contribution in [0.15, 0.2) is 0 Å². The highest BCUT2D eigenvalue weighted by Crippen LogP contribution is 2.08. The van der Waals surface area contributed by atoms with Crippen molar-refractivity contribution in [3.05, 3.63) is 0 Å². The first-order valence-electron chi connectivity index (χ1n) is 6.51. The molecule has 0 fully saturated rings. The topological polar surface area (TPSA) is 41.6 Å². The van der Waals surface area contributed by atoms with Gasteiger partial charge >= 0.3 is 6.09 Å². The van der Waals surface area contributed by atoms with E-state index in [1.807, 2.05) is 20.8 Å². The fourth-order valence-electron chi connectivity index (χ4n) is 1.30. The normalized spacial score (nSPS) is 11.4. The lowest BCUT2D eigenvalue weighted by Crippen LogP contribution is -2.35. The van der Waals surface area contributed by atoms with Gasteiger partial charge < -0.3 is 15.0 Å². The molecule has 0 unspecified atom stereocenters. The lowest BCUT2D eigenvalue weighted by molar-refractivity contribution is 0.0297. The van der Waals surface area contributed by atoms with Crippen molar-refractivity contribution in [3.8, 4) is 0 Å². The molecule has 102 valence electrons. The van der Waals surface area contributed by atoms with Gasteiger partial charge in [-0.3, -0.25) is 0 Å². The Morgan fingerprint density at radius 2 is 1.82 bits per heavy atom. The van der Waals surface area contributed by atoms with Gasteiger partial charge in [-0.1, -0.05) is 13.3 Å². The summed E-state index contributed by atoms with van der Waals surface area (Å²) in [6.45, 7) is 10.6.